The van der Waals surface area contributed by atoms with E-state index in [4.69, 9.17) is 20.0 Å². The van der Waals surface area contributed by atoms with Crippen molar-refractivity contribution in [3.63, 3.8) is 0 Å². The summed E-state index contributed by atoms with van der Waals surface area (Å²) in [6.45, 7) is 7.88. The van der Waals surface area contributed by atoms with Gasteiger partial charge in [-0.3, -0.25) is 4.98 Å². The topological polar surface area (TPSA) is 108 Å². The second-order valence-corrected chi connectivity index (χ2v) is 9.08. The second kappa shape index (κ2) is 10.5. The van der Waals surface area contributed by atoms with Crippen molar-refractivity contribution >= 4 is 17.9 Å². The van der Waals surface area contributed by atoms with Crippen molar-refractivity contribution in [3.05, 3.63) is 24.0 Å². The van der Waals surface area contributed by atoms with Crippen LogP contribution in [0.1, 0.15) is 58.4 Å². The number of nitrogens with one attached hydrogen (secondary N) is 1. The molecule has 2 rings (SSSR count). The smallest absolute Gasteiger partial charge is 0.407 e. The second-order valence-electron chi connectivity index (χ2n) is 8.25. The van der Waals surface area contributed by atoms with Gasteiger partial charge < -0.3 is 14.8 Å². The number of hydrogen-bond donors (Lipinski definition) is 1. The van der Waals surface area contributed by atoms with Crippen LogP contribution < -0.4 is 5.32 Å². The van der Waals surface area contributed by atoms with Gasteiger partial charge in [-0.15, -0.1) is 0 Å². The lowest BCUT2D eigenvalue weighted by molar-refractivity contribution is -0.0329. The number of carbonyl (C=O) groups is 1. The molecule has 4 unspecified atom stereocenters. The first kappa shape index (κ1) is 23.0. The maximum Gasteiger partial charge on any atom is 0.407 e. The number of ether oxygens (including phenoxy) is 2. The molecule has 0 radical (unpaired) electrons. The summed E-state index contributed by atoms with van der Waals surface area (Å²) in [7, 11) is 0. The zero-order chi connectivity index (χ0) is 21.4. The molecule has 29 heavy (non-hydrogen) atoms. The first-order valence-corrected chi connectivity index (χ1v) is 10.5. The molecule has 1 aromatic heterocycles. The van der Waals surface area contributed by atoms with E-state index in [0.29, 0.717) is 19.4 Å². The lowest BCUT2D eigenvalue weighted by atomic mass is 9.74. The van der Waals surface area contributed by atoms with Gasteiger partial charge in [0.15, 0.2) is 0 Å². The van der Waals surface area contributed by atoms with Crippen molar-refractivity contribution in [1.29, 1.82) is 10.5 Å². The van der Waals surface area contributed by atoms with Gasteiger partial charge in [-0.1, -0.05) is 6.92 Å². The summed E-state index contributed by atoms with van der Waals surface area (Å²) in [5.41, 5.74) is 0.465. The molecule has 1 N–H and O–H groups in total. The zero-order valence-electron chi connectivity index (χ0n) is 17.3. The van der Waals surface area contributed by atoms with E-state index in [9.17, 15) is 4.79 Å². The summed E-state index contributed by atoms with van der Waals surface area (Å²) in [5, 5.41) is 23.0. The number of alkyl carbamates (subject to hydrolysis) is 1. The van der Waals surface area contributed by atoms with Crippen molar-refractivity contribution in [3.8, 4) is 11.5 Å². The molecular formula is C21H28N4O3S. The van der Waals surface area contributed by atoms with Crippen LogP contribution in [0.3, 0.4) is 0 Å². The minimum Gasteiger partial charge on any atom is -0.444 e. The van der Waals surface area contributed by atoms with E-state index in [2.05, 4.69) is 28.7 Å². The number of carbonyl (C=O) groups excluding carboxylic acids is 1. The zero-order valence-corrected chi connectivity index (χ0v) is 18.2. The summed E-state index contributed by atoms with van der Waals surface area (Å²) in [6, 6.07) is 3.77. The van der Waals surface area contributed by atoms with Crippen LogP contribution in [-0.2, 0) is 9.47 Å². The van der Waals surface area contributed by atoms with Crippen LogP contribution in [0.2, 0.25) is 0 Å². The SMILES string of the molecule is CC1CC(c2ccncc2SC#N)CC(NC(=O)OC(C)(C)C)C1OCCC#N. The lowest BCUT2D eigenvalue weighted by Gasteiger charge is -2.41. The van der Waals surface area contributed by atoms with E-state index >= 15 is 0 Å². The van der Waals surface area contributed by atoms with Gasteiger partial charge in [-0.2, -0.15) is 10.5 Å². The van der Waals surface area contributed by atoms with E-state index in [0.717, 1.165) is 28.6 Å². The number of thiocyanates is 1. The number of amides is 1. The van der Waals surface area contributed by atoms with Gasteiger partial charge >= 0.3 is 6.09 Å². The van der Waals surface area contributed by atoms with E-state index in [1.165, 1.54) is 0 Å². The summed E-state index contributed by atoms with van der Waals surface area (Å²) >= 11 is 1.10. The molecule has 7 nitrogen and oxygen atoms in total. The van der Waals surface area contributed by atoms with Crippen molar-refractivity contribution in [2.75, 3.05) is 6.61 Å². The average molecular weight is 417 g/mol. The quantitative estimate of drug-likeness (QED) is 0.417. The highest BCUT2D eigenvalue weighted by atomic mass is 32.2. The highest BCUT2D eigenvalue weighted by molar-refractivity contribution is 8.03. The molecule has 1 aliphatic rings. The van der Waals surface area contributed by atoms with Gasteiger partial charge in [-0.05, 0) is 68.8 Å². The molecule has 0 bridgehead atoms. The molecule has 0 spiro atoms. The van der Waals surface area contributed by atoms with Crippen molar-refractivity contribution in [2.24, 2.45) is 5.92 Å². The molecule has 4 atom stereocenters. The number of hydrogen-bond acceptors (Lipinski definition) is 7. The van der Waals surface area contributed by atoms with Crippen molar-refractivity contribution in [2.45, 2.75) is 75.5 Å². The maximum atomic E-state index is 12.4. The van der Waals surface area contributed by atoms with Crippen molar-refractivity contribution < 1.29 is 14.3 Å². The Morgan fingerprint density at radius 3 is 2.79 bits per heavy atom. The molecule has 1 heterocycles. The summed E-state index contributed by atoms with van der Waals surface area (Å²) in [4.78, 5) is 17.4. The fourth-order valence-corrected chi connectivity index (χ4v) is 4.32. The Bertz CT molecular complexity index is 781. The Kier molecular flexibility index (Phi) is 8.31. The molecule has 156 valence electrons. The Labute approximate surface area is 176 Å². The number of thioether (sulfide) groups is 1. The fraction of sp³-hybridized carbons (Fsp3) is 0.619. The van der Waals surface area contributed by atoms with Gasteiger partial charge in [0.2, 0.25) is 0 Å². The highest BCUT2D eigenvalue weighted by Gasteiger charge is 2.39. The molecule has 1 amide bonds. The molecular weight excluding hydrogens is 388 g/mol. The minimum absolute atomic E-state index is 0.152. The minimum atomic E-state index is -0.595. The molecule has 0 aromatic carbocycles. The van der Waals surface area contributed by atoms with Gasteiger partial charge in [0.05, 0.1) is 31.2 Å². The molecule has 1 fully saturated rings. The monoisotopic (exact) mass is 416 g/mol. The van der Waals surface area contributed by atoms with E-state index in [1.807, 2.05) is 26.8 Å². The third-order valence-electron chi connectivity index (χ3n) is 4.79. The molecule has 1 aromatic rings. The first-order valence-electron chi connectivity index (χ1n) is 9.73. The Morgan fingerprint density at radius 2 is 2.14 bits per heavy atom. The molecule has 0 saturated heterocycles. The summed E-state index contributed by atoms with van der Waals surface area (Å²) in [6.07, 6.45) is 4.56. The van der Waals surface area contributed by atoms with Crippen LogP contribution in [0, 0.1) is 27.9 Å². The van der Waals surface area contributed by atoms with E-state index in [-0.39, 0.29) is 24.0 Å². The van der Waals surface area contributed by atoms with Crippen LogP contribution in [-0.4, -0.2) is 35.4 Å². The van der Waals surface area contributed by atoms with Crippen LogP contribution in [0.5, 0.6) is 0 Å². The first-order chi connectivity index (χ1) is 13.7. The largest absolute Gasteiger partial charge is 0.444 e. The number of nitriles is 2. The van der Waals surface area contributed by atoms with Crippen LogP contribution in [0.15, 0.2) is 23.4 Å². The van der Waals surface area contributed by atoms with Crippen LogP contribution in [0.4, 0.5) is 4.79 Å². The maximum absolute atomic E-state index is 12.4. The standard InChI is InChI=1S/C21H28N4O3S/c1-14-10-15(16-6-8-24-12-18(16)29-13-23)11-17(19(14)27-9-5-7-22)25-20(26)28-21(2,3)4/h6,8,12,14-15,17,19H,5,9-11H2,1-4H3,(H,25,26). The number of pyridine rings is 1. The Morgan fingerprint density at radius 1 is 1.38 bits per heavy atom. The third-order valence-corrected chi connectivity index (χ3v) is 5.44. The number of rotatable bonds is 6. The van der Waals surface area contributed by atoms with E-state index in [1.54, 1.807) is 12.4 Å². The molecule has 1 saturated carbocycles. The number of nitrogens with zero attached hydrogens (tertiary/aromatic N) is 3. The molecule has 1 aliphatic carbocycles. The predicted octanol–water partition coefficient (Wildman–Crippen LogP) is 4.36. The summed E-state index contributed by atoms with van der Waals surface area (Å²) < 4.78 is 11.4. The van der Waals surface area contributed by atoms with E-state index < -0.39 is 11.7 Å². The summed E-state index contributed by atoms with van der Waals surface area (Å²) in [5.74, 6) is 0.306. The van der Waals surface area contributed by atoms with Crippen LogP contribution >= 0.6 is 11.8 Å². The lowest BCUT2D eigenvalue weighted by Crippen LogP contribution is -2.52. The predicted molar refractivity (Wildman–Crippen MR) is 110 cm³/mol. The normalized spacial score (nSPS) is 24.2. The Balaban J connectivity index is 2.22. The Hall–Kier alpha value is -2.29. The van der Waals surface area contributed by atoms with Gasteiger partial charge in [0.1, 0.15) is 11.0 Å². The third kappa shape index (κ3) is 6.92. The van der Waals surface area contributed by atoms with Gasteiger partial charge in [-0.25, -0.2) is 4.79 Å². The molecule has 0 aliphatic heterocycles. The highest BCUT2D eigenvalue weighted by Crippen LogP contribution is 2.41. The van der Waals surface area contributed by atoms with Crippen LogP contribution in [0.25, 0.3) is 0 Å². The molecule has 8 heteroatoms. The van der Waals surface area contributed by atoms with Gasteiger partial charge in [0.25, 0.3) is 0 Å². The fourth-order valence-electron chi connectivity index (χ4n) is 3.75. The average Bonchev–Trinajstić information content (AvgIpc) is 2.63. The van der Waals surface area contributed by atoms with Crippen molar-refractivity contribution in [1.82, 2.24) is 10.3 Å². The number of aromatic nitrogens is 1. The van der Waals surface area contributed by atoms with Gasteiger partial charge in [0, 0.05) is 17.3 Å².